The summed E-state index contributed by atoms with van der Waals surface area (Å²) in [6.07, 6.45) is 3.37. The molecule has 1 heterocycles. The van der Waals surface area contributed by atoms with Gasteiger partial charge in [0.25, 0.3) is 0 Å². The van der Waals surface area contributed by atoms with Crippen molar-refractivity contribution < 1.29 is 5.21 Å². The molecule has 0 bridgehead atoms. The normalized spacial score (nSPS) is 11.3. The lowest BCUT2D eigenvalue weighted by Crippen LogP contribution is -1.97. The zero-order valence-electron chi connectivity index (χ0n) is 9.69. The average Bonchev–Trinajstić information content (AvgIpc) is 2.87. The van der Waals surface area contributed by atoms with Crippen LogP contribution in [0.2, 0.25) is 0 Å². The minimum Gasteiger partial charge on any atom is -0.411 e. The van der Waals surface area contributed by atoms with Gasteiger partial charge in [-0.3, -0.25) is 0 Å². The lowest BCUT2D eigenvalue weighted by molar-refractivity contribution is 0.321. The molecule has 3 rings (SSSR count). The summed E-state index contributed by atoms with van der Waals surface area (Å²) in [6, 6.07) is 18.3. The topological polar surface area (TPSA) is 37.5 Å². The maximum Gasteiger partial charge on any atom is 0.0901 e. The second-order valence-electron chi connectivity index (χ2n) is 4.08. The highest BCUT2D eigenvalue weighted by Gasteiger charge is 2.02. The summed E-state index contributed by atoms with van der Waals surface area (Å²) in [5.74, 6) is 0. The summed E-state index contributed by atoms with van der Waals surface area (Å²) in [4.78, 5) is 0. The zero-order valence-corrected chi connectivity index (χ0v) is 9.69. The van der Waals surface area contributed by atoms with Crippen molar-refractivity contribution in [2.45, 2.75) is 0 Å². The molecule has 1 N–H and O–H groups in total. The number of aromatic nitrogens is 1. The molecule has 1 aromatic heterocycles. The third-order valence-corrected chi connectivity index (χ3v) is 2.98. The van der Waals surface area contributed by atoms with Crippen LogP contribution in [0.3, 0.4) is 0 Å². The molecule has 18 heavy (non-hydrogen) atoms. The van der Waals surface area contributed by atoms with Gasteiger partial charge in [-0.05, 0) is 35.0 Å². The molecule has 0 atom stereocenters. The molecular formula is C15H12N2O. The van der Waals surface area contributed by atoms with Crippen LogP contribution >= 0.6 is 0 Å². The minimum atomic E-state index is 0.841. The quantitative estimate of drug-likeness (QED) is 0.413. The molecule has 0 aliphatic rings. The van der Waals surface area contributed by atoms with Crippen LogP contribution in [0.4, 0.5) is 0 Å². The monoisotopic (exact) mass is 236 g/mol. The Morgan fingerprint density at radius 3 is 2.61 bits per heavy atom. The first-order valence-electron chi connectivity index (χ1n) is 5.72. The Labute approximate surface area is 105 Å². The van der Waals surface area contributed by atoms with E-state index in [0.717, 1.165) is 11.4 Å². The second-order valence-corrected chi connectivity index (χ2v) is 4.08. The Hall–Kier alpha value is -2.55. The van der Waals surface area contributed by atoms with Crippen molar-refractivity contribution in [1.82, 2.24) is 4.57 Å². The first-order valence-corrected chi connectivity index (χ1v) is 5.72. The van der Waals surface area contributed by atoms with Crippen molar-refractivity contribution in [2.75, 3.05) is 0 Å². The molecule has 0 aliphatic carbocycles. The highest BCUT2D eigenvalue weighted by Crippen LogP contribution is 2.19. The van der Waals surface area contributed by atoms with Gasteiger partial charge in [-0.1, -0.05) is 35.5 Å². The number of fused-ring (bicyclic) bond motifs is 1. The lowest BCUT2D eigenvalue weighted by atomic mass is 10.1. The van der Waals surface area contributed by atoms with Crippen LogP contribution in [0.25, 0.3) is 16.5 Å². The Kier molecular flexibility index (Phi) is 2.57. The van der Waals surface area contributed by atoms with Gasteiger partial charge in [0.2, 0.25) is 0 Å². The van der Waals surface area contributed by atoms with Crippen LogP contribution in [0.1, 0.15) is 5.69 Å². The summed E-state index contributed by atoms with van der Waals surface area (Å²) in [5.41, 5.74) is 1.89. The summed E-state index contributed by atoms with van der Waals surface area (Å²) >= 11 is 0. The fourth-order valence-corrected chi connectivity index (χ4v) is 2.12. The van der Waals surface area contributed by atoms with E-state index in [0.29, 0.717) is 0 Å². The predicted molar refractivity (Wildman–Crippen MR) is 72.7 cm³/mol. The fourth-order valence-electron chi connectivity index (χ4n) is 2.12. The third-order valence-electron chi connectivity index (χ3n) is 2.98. The van der Waals surface area contributed by atoms with Crippen molar-refractivity contribution in [3.8, 4) is 5.69 Å². The van der Waals surface area contributed by atoms with Crippen molar-refractivity contribution in [2.24, 2.45) is 5.16 Å². The van der Waals surface area contributed by atoms with Gasteiger partial charge >= 0.3 is 0 Å². The summed E-state index contributed by atoms with van der Waals surface area (Å²) in [5, 5.41) is 14.1. The van der Waals surface area contributed by atoms with Gasteiger partial charge < -0.3 is 9.77 Å². The Morgan fingerprint density at radius 2 is 1.78 bits per heavy atom. The fraction of sp³-hybridized carbons (Fsp3) is 0. The van der Waals surface area contributed by atoms with Crippen LogP contribution in [0, 0.1) is 0 Å². The van der Waals surface area contributed by atoms with E-state index in [1.54, 1.807) is 0 Å². The number of rotatable bonds is 2. The van der Waals surface area contributed by atoms with Crippen LogP contribution < -0.4 is 0 Å². The van der Waals surface area contributed by atoms with Crippen LogP contribution in [0.15, 0.2) is 65.9 Å². The molecule has 88 valence electrons. The average molecular weight is 236 g/mol. The molecule has 0 aliphatic heterocycles. The Bertz CT molecular complexity index is 713. The van der Waals surface area contributed by atoms with Crippen LogP contribution in [0.5, 0.6) is 0 Å². The van der Waals surface area contributed by atoms with Crippen LogP contribution in [-0.2, 0) is 0 Å². The molecule has 0 saturated heterocycles. The van der Waals surface area contributed by atoms with Gasteiger partial charge in [0.15, 0.2) is 0 Å². The van der Waals surface area contributed by atoms with Gasteiger partial charge in [0.1, 0.15) is 0 Å². The van der Waals surface area contributed by atoms with E-state index in [1.165, 1.54) is 17.0 Å². The molecule has 0 amide bonds. The molecular weight excluding hydrogens is 224 g/mol. The van der Waals surface area contributed by atoms with Crippen molar-refractivity contribution in [3.63, 3.8) is 0 Å². The molecule has 0 fully saturated rings. The highest BCUT2D eigenvalue weighted by molar-refractivity contribution is 5.85. The maximum atomic E-state index is 8.64. The summed E-state index contributed by atoms with van der Waals surface area (Å²) in [6.45, 7) is 0. The minimum absolute atomic E-state index is 0.841. The molecule has 0 saturated carbocycles. The first kappa shape index (κ1) is 10.6. The van der Waals surface area contributed by atoms with E-state index >= 15 is 0 Å². The second kappa shape index (κ2) is 4.37. The van der Waals surface area contributed by atoms with E-state index < -0.39 is 0 Å². The van der Waals surface area contributed by atoms with Crippen LogP contribution in [-0.4, -0.2) is 16.0 Å². The Morgan fingerprint density at radius 1 is 0.944 bits per heavy atom. The number of hydrogen-bond acceptors (Lipinski definition) is 2. The Balaban J connectivity index is 2.16. The van der Waals surface area contributed by atoms with Crippen molar-refractivity contribution in [3.05, 3.63) is 66.5 Å². The van der Waals surface area contributed by atoms with Gasteiger partial charge in [-0.15, -0.1) is 0 Å². The standard InChI is InChI=1S/C15H12N2O/c18-16-11-15-6-3-9-17(15)14-8-7-12-4-1-2-5-13(12)10-14/h1-11,18H. The van der Waals surface area contributed by atoms with E-state index in [2.05, 4.69) is 35.5 Å². The van der Waals surface area contributed by atoms with Gasteiger partial charge in [0.05, 0.1) is 11.9 Å². The van der Waals surface area contributed by atoms with E-state index in [4.69, 9.17) is 5.21 Å². The number of benzene rings is 2. The van der Waals surface area contributed by atoms with E-state index in [9.17, 15) is 0 Å². The summed E-state index contributed by atoms with van der Waals surface area (Å²) in [7, 11) is 0. The van der Waals surface area contributed by atoms with Gasteiger partial charge in [-0.2, -0.15) is 0 Å². The smallest absolute Gasteiger partial charge is 0.0901 e. The lowest BCUT2D eigenvalue weighted by Gasteiger charge is -2.07. The number of hydrogen-bond donors (Lipinski definition) is 1. The van der Waals surface area contributed by atoms with Gasteiger partial charge in [0, 0.05) is 11.9 Å². The van der Waals surface area contributed by atoms with Crippen molar-refractivity contribution >= 4 is 17.0 Å². The highest BCUT2D eigenvalue weighted by atomic mass is 16.4. The van der Waals surface area contributed by atoms with Gasteiger partial charge in [-0.25, -0.2) is 0 Å². The van der Waals surface area contributed by atoms with E-state index in [-0.39, 0.29) is 0 Å². The molecule has 0 unspecified atom stereocenters. The molecule has 3 heteroatoms. The number of nitrogens with zero attached hydrogens (tertiary/aromatic N) is 2. The third kappa shape index (κ3) is 1.76. The predicted octanol–water partition coefficient (Wildman–Crippen LogP) is 3.44. The molecule has 2 aromatic carbocycles. The molecule has 0 spiro atoms. The number of oxime groups is 1. The molecule has 0 radical (unpaired) electrons. The molecule has 3 nitrogen and oxygen atoms in total. The SMILES string of the molecule is ON=Cc1cccn1-c1ccc2ccccc2c1. The van der Waals surface area contributed by atoms with Crippen molar-refractivity contribution in [1.29, 1.82) is 0 Å². The summed E-state index contributed by atoms with van der Waals surface area (Å²) < 4.78 is 1.98. The van der Waals surface area contributed by atoms with E-state index in [1.807, 2.05) is 35.0 Å². The maximum absolute atomic E-state index is 8.64. The first-order chi connectivity index (χ1) is 8.88. The largest absolute Gasteiger partial charge is 0.411 e. The molecule has 3 aromatic rings. The zero-order chi connectivity index (χ0) is 12.4.